The molecular weight excluding hydrogens is 204 g/mol. The van der Waals surface area contributed by atoms with Gasteiger partial charge >= 0.3 is 0 Å². The maximum absolute atomic E-state index is 5.95. The molecule has 0 aliphatic carbocycles. The molecule has 0 saturated heterocycles. The molecule has 3 rings (SSSR count). The summed E-state index contributed by atoms with van der Waals surface area (Å²) in [5, 5.41) is 12.6. The summed E-state index contributed by atoms with van der Waals surface area (Å²) in [6.45, 7) is 1.48. The molecule has 84 valence electrons. The number of aryl methyl sites for hydroxylation is 1. The minimum Gasteiger partial charge on any atom is -0.326 e. The van der Waals surface area contributed by atoms with Gasteiger partial charge in [0.05, 0.1) is 0 Å². The van der Waals surface area contributed by atoms with Crippen molar-refractivity contribution >= 4 is 0 Å². The number of fused-ring (bicyclic) bond motifs is 1. The molecule has 1 aliphatic heterocycles. The normalized spacial score (nSPS) is 19.7. The number of hydrogen-bond donors (Lipinski definition) is 1. The molecule has 6 heteroatoms. The molecule has 0 amide bonds. The van der Waals surface area contributed by atoms with E-state index in [0.717, 1.165) is 31.0 Å². The SMILES string of the molecule is NC1CCc2nnc(Cn3cccn3)n2C1. The molecule has 1 atom stereocenters. The predicted molar refractivity (Wildman–Crippen MR) is 57.6 cm³/mol. The molecule has 1 aliphatic rings. The van der Waals surface area contributed by atoms with Crippen LogP contribution in [-0.2, 0) is 19.5 Å². The van der Waals surface area contributed by atoms with Crippen LogP contribution in [0.4, 0.5) is 0 Å². The summed E-state index contributed by atoms with van der Waals surface area (Å²) in [6.07, 6.45) is 5.61. The first-order valence-corrected chi connectivity index (χ1v) is 5.47. The van der Waals surface area contributed by atoms with E-state index < -0.39 is 0 Å². The average Bonchev–Trinajstić information content (AvgIpc) is 2.90. The maximum atomic E-state index is 5.95. The largest absolute Gasteiger partial charge is 0.326 e. The molecular formula is C10H14N6. The molecule has 16 heavy (non-hydrogen) atoms. The molecule has 1 unspecified atom stereocenters. The van der Waals surface area contributed by atoms with Crippen molar-refractivity contribution < 1.29 is 0 Å². The maximum Gasteiger partial charge on any atom is 0.154 e. The lowest BCUT2D eigenvalue weighted by Crippen LogP contribution is -2.33. The van der Waals surface area contributed by atoms with Crippen LogP contribution in [0.25, 0.3) is 0 Å². The molecule has 0 fully saturated rings. The fourth-order valence-electron chi connectivity index (χ4n) is 2.06. The Morgan fingerprint density at radius 3 is 3.19 bits per heavy atom. The first-order valence-electron chi connectivity index (χ1n) is 5.47. The van der Waals surface area contributed by atoms with Crippen LogP contribution in [-0.4, -0.2) is 30.6 Å². The van der Waals surface area contributed by atoms with Gasteiger partial charge in [0, 0.05) is 31.4 Å². The molecule has 0 saturated carbocycles. The third kappa shape index (κ3) is 1.61. The topological polar surface area (TPSA) is 74.6 Å². The summed E-state index contributed by atoms with van der Waals surface area (Å²) in [7, 11) is 0. The minimum absolute atomic E-state index is 0.222. The van der Waals surface area contributed by atoms with E-state index in [4.69, 9.17) is 5.73 Å². The lowest BCUT2D eigenvalue weighted by molar-refractivity contribution is 0.438. The lowest BCUT2D eigenvalue weighted by atomic mass is 10.1. The summed E-state index contributed by atoms with van der Waals surface area (Å²) in [6, 6.07) is 2.12. The Labute approximate surface area is 93.1 Å². The van der Waals surface area contributed by atoms with Crippen molar-refractivity contribution in [2.24, 2.45) is 5.73 Å². The van der Waals surface area contributed by atoms with Crippen LogP contribution in [0.1, 0.15) is 18.1 Å². The van der Waals surface area contributed by atoms with E-state index >= 15 is 0 Å². The number of rotatable bonds is 2. The molecule has 0 aromatic carbocycles. The smallest absolute Gasteiger partial charge is 0.154 e. The van der Waals surface area contributed by atoms with Crippen molar-refractivity contribution in [2.45, 2.75) is 32.0 Å². The zero-order valence-electron chi connectivity index (χ0n) is 8.95. The van der Waals surface area contributed by atoms with E-state index in [1.54, 1.807) is 6.20 Å². The molecule has 3 heterocycles. The van der Waals surface area contributed by atoms with Gasteiger partial charge in [0.1, 0.15) is 12.4 Å². The van der Waals surface area contributed by atoms with Crippen LogP contribution in [0, 0.1) is 0 Å². The second-order valence-electron chi connectivity index (χ2n) is 4.15. The number of nitrogens with two attached hydrogens (primary N) is 1. The summed E-state index contributed by atoms with van der Waals surface area (Å²) < 4.78 is 3.97. The van der Waals surface area contributed by atoms with Gasteiger partial charge < -0.3 is 10.3 Å². The van der Waals surface area contributed by atoms with Crippen molar-refractivity contribution in [1.82, 2.24) is 24.5 Å². The molecule has 2 aromatic rings. The summed E-state index contributed by atoms with van der Waals surface area (Å²) in [5.74, 6) is 1.98. The molecule has 6 nitrogen and oxygen atoms in total. The van der Waals surface area contributed by atoms with E-state index in [-0.39, 0.29) is 6.04 Å². The lowest BCUT2D eigenvalue weighted by Gasteiger charge is -2.20. The van der Waals surface area contributed by atoms with Crippen LogP contribution in [0.3, 0.4) is 0 Å². The monoisotopic (exact) mass is 218 g/mol. The van der Waals surface area contributed by atoms with Crippen molar-refractivity contribution in [3.63, 3.8) is 0 Å². The second-order valence-corrected chi connectivity index (χ2v) is 4.15. The Balaban J connectivity index is 1.88. The summed E-state index contributed by atoms with van der Waals surface area (Å²) in [5.41, 5.74) is 5.95. The fraction of sp³-hybridized carbons (Fsp3) is 0.500. The number of hydrogen-bond acceptors (Lipinski definition) is 4. The van der Waals surface area contributed by atoms with Gasteiger partial charge in [-0.15, -0.1) is 10.2 Å². The zero-order chi connectivity index (χ0) is 11.0. The Hall–Kier alpha value is -1.69. The number of aromatic nitrogens is 5. The third-order valence-electron chi connectivity index (χ3n) is 2.92. The quantitative estimate of drug-likeness (QED) is 0.757. The van der Waals surface area contributed by atoms with Crippen LogP contribution in [0.5, 0.6) is 0 Å². The third-order valence-corrected chi connectivity index (χ3v) is 2.92. The van der Waals surface area contributed by atoms with Crippen molar-refractivity contribution in [2.75, 3.05) is 0 Å². The van der Waals surface area contributed by atoms with E-state index in [1.165, 1.54) is 0 Å². The Kier molecular flexibility index (Phi) is 2.21. The van der Waals surface area contributed by atoms with Gasteiger partial charge in [-0.25, -0.2) is 0 Å². The number of nitrogens with zero attached hydrogens (tertiary/aromatic N) is 5. The highest BCUT2D eigenvalue weighted by Gasteiger charge is 2.20. The van der Waals surface area contributed by atoms with Gasteiger partial charge in [-0.05, 0) is 12.5 Å². The standard InChI is InChI=1S/C10H14N6/c11-8-2-3-9-13-14-10(16(9)6-8)7-15-5-1-4-12-15/h1,4-5,8H,2-3,6-7,11H2. The van der Waals surface area contributed by atoms with Gasteiger partial charge in [0.2, 0.25) is 0 Å². The molecule has 0 bridgehead atoms. The van der Waals surface area contributed by atoms with Crippen LogP contribution >= 0.6 is 0 Å². The van der Waals surface area contributed by atoms with Crippen LogP contribution in [0.15, 0.2) is 18.5 Å². The summed E-state index contributed by atoms with van der Waals surface area (Å²) in [4.78, 5) is 0. The van der Waals surface area contributed by atoms with E-state index in [2.05, 4.69) is 19.9 Å². The van der Waals surface area contributed by atoms with E-state index in [9.17, 15) is 0 Å². The van der Waals surface area contributed by atoms with Gasteiger partial charge in [-0.2, -0.15) is 5.10 Å². The summed E-state index contributed by atoms with van der Waals surface area (Å²) >= 11 is 0. The van der Waals surface area contributed by atoms with E-state index in [1.807, 2.05) is 16.9 Å². The van der Waals surface area contributed by atoms with Crippen LogP contribution < -0.4 is 5.73 Å². The first kappa shape index (κ1) is 9.53. The van der Waals surface area contributed by atoms with Gasteiger partial charge in [0.15, 0.2) is 5.82 Å². The second kappa shape index (κ2) is 3.71. The fourth-order valence-corrected chi connectivity index (χ4v) is 2.06. The molecule has 2 aromatic heterocycles. The van der Waals surface area contributed by atoms with Gasteiger partial charge in [0.25, 0.3) is 0 Å². The molecule has 0 spiro atoms. The Morgan fingerprint density at radius 1 is 1.44 bits per heavy atom. The van der Waals surface area contributed by atoms with Crippen molar-refractivity contribution in [1.29, 1.82) is 0 Å². The average molecular weight is 218 g/mol. The predicted octanol–water partition coefficient (Wildman–Crippen LogP) is -0.204. The van der Waals surface area contributed by atoms with Crippen LogP contribution in [0.2, 0.25) is 0 Å². The van der Waals surface area contributed by atoms with Crippen molar-refractivity contribution in [3.8, 4) is 0 Å². The minimum atomic E-state index is 0.222. The highest BCUT2D eigenvalue weighted by molar-refractivity contribution is 5.01. The molecule has 0 radical (unpaired) electrons. The Morgan fingerprint density at radius 2 is 2.38 bits per heavy atom. The van der Waals surface area contributed by atoms with Gasteiger partial charge in [-0.1, -0.05) is 0 Å². The highest BCUT2D eigenvalue weighted by Crippen LogP contribution is 2.14. The van der Waals surface area contributed by atoms with Gasteiger partial charge in [-0.3, -0.25) is 4.68 Å². The zero-order valence-corrected chi connectivity index (χ0v) is 8.95. The van der Waals surface area contributed by atoms with E-state index in [0.29, 0.717) is 6.54 Å². The van der Waals surface area contributed by atoms with Crippen molar-refractivity contribution in [3.05, 3.63) is 30.1 Å². The first-order chi connectivity index (χ1) is 7.83. The highest BCUT2D eigenvalue weighted by atomic mass is 15.3. The Bertz CT molecular complexity index is 471. The molecule has 2 N–H and O–H groups in total.